The molecule has 1 unspecified atom stereocenters. The summed E-state index contributed by atoms with van der Waals surface area (Å²) in [5.74, 6) is 0.206. The fourth-order valence-electron chi connectivity index (χ4n) is 4.92. The maximum atomic E-state index is 12.5. The van der Waals surface area contributed by atoms with E-state index in [4.69, 9.17) is 4.98 Å². The minimum absolute atomic E-state index is 0.164. The molecule has 0 aliphatic carbocycles. The third kappa shape index (κ3) is 9.80. The SMILES string of the molecule is CCC(CC)CC(=O)NC(CCN(CCCCc1ccc2c(n1)NCCC2)Cc1ccccc1)C(=O)O. The van der Waals surface area contributed by atoms with Gasteiger partial charge in [0.1, 0.15) is 11.9 Å². The fraction of sp³-hybridized carbons (Fsp3) is 0.567. The van der Waals surface area contributed by atoms with Crippen molar-refractivity contribution in [3.63, 3.8) is 0 Å². The standard InChI is InChI=1S/C30H44N4O3/c1-3-23(4-2)21-28(35)33-27(30(36)37)17-20-34(22-24-11-6-5-7-12-24)19-9-8-14-26-16-15-25-13-10-18-31-29(25)32-26/h5-7,11-12,15-16,23,27H,3-4,8-10,13-14,17-22H2,1-2H3,(H,31,32)(H,33,35)(H,36,37). The normalized spacial score (nSPS) is 13.7. The van der Waals surface area contributed by atoms with E-state index in [0.717, 1.165) is 76.1 Å². The number of anilines is 1. The molecule has 1 amide bonds. The molecule has 0 radical (unpaired) electrons. The molecular formula is C30H44N4O3. The van der Waals surface area contributed by atoms with Gasteiger partial charge in [-0.05, 0) is 68.2 Å². The van der Waals surface area contributed by atoms with Crippen LogP contribution in [0.5, 0.6) is 0 Å². The largest absolute Gasteiger partial charge is 0.480 e. The highest BCUT2D eigenvalue weighted by Gasteiger charge is 2.22. The van der Waals surface area contributed by atoms with E-state index >= 15 is 0 Å². The molecular weight excluding hydrogens is 464 g/mol. The van der Waals surface area contributed by atoms with Gasteiger partial charge in [-0.15, -0.1) is 0 Å². The molecule has 7 nitrogen and oxygen atoms in total. The van der Waals surface area contributed by atoms with Crippen LogP contribution in [0.1, 0.15) is 75.6 Å². The number of rotatable bonds is 16. The van der Waals surface area contributed by atoms with Crippen molar-refractivity contribution in [2.75, 3.05) is 25.0 Å². The summed E-state index contributed by atoms with van der Waals surface area (Å²) in [7, 11) is 0. The monoisotopic (exact) mass is 508 g/mol. The molecule has 2 aromatic rings. The first-order valence-corrected chi connectivity index (χ1v) is 14.0. The highest BCUT2D eigenvalue weighted by Crippen LogP contribution is 2.20. The number of fused-ring (bicyclic) bond motifs is 1. The Morgan fingerprint density at radius 1 is 1.08 bits per heavy atom. The number of amides is 1. The minimum atomic E-state index is -0.968. The first-order chi connectivity index (χ1) is 18.0. The number of aryl methyl sites for hydroxylation is 2. The molecule has 7 heteroatoms. The summed E-state index contributed by atoms with van der Waals surface area (Å²) in [6.45, 7) is 7.36. The number of nitrogens with zero attached hydrogens (tertiary/aromatic N) is 2. The summed E-state index contributed by atoms with van der Waals surface area (Å²) in [5, 5.41) is 15.9. The van der Waals surface area contributed by atoms with Gasteiger partial charge in [0.2, 0.25) is 5.91 Å². The maximum Gasteiger partial charge on any atom is 0.326 e. The number of aromatic nitrogens is 1. The van der Waals surface area contributed by atoms with Gasteiger partial charge in [-0.3, -0.25) is 9.69 Å². The van der Waals surface area contributed by atoms with E-state index in [-0.39, 0.29) is 5.91 Å². The number of aliphatic carboxylic acids is 1. The summed E-state index contributed by atoms with van der Waals surface area (Å²) in [5.41, 5.74) is 3.63. The smallest absolute Gasteiger partial charge is 0.326 e. The molecule has 2 heterocycles. The fourth-order valence-corrected chi connectivity index (χ4v) is 4.92. The number of carbonyl (C=O) groups excluding carboxylic acids is 1. The molecule has 37 heavy (non-hydrogen) atoms. The molecule has 0 saturated heterocycles. The number of carboxylic acid groups (broad SMARTS) is 1. The van der Waals surface area contributed by atoms with Crippen molar-refractivity contribution in [1.82, 2.24) is 15.2 Å². The molecule has 0 bridgehead atoms. The first-order valence-electron chi connectivity index (χ1n) is 14.0. The van der Waals surface area contributed by atoms with Gasteiger partial charge in [0, 0.05) is 31.7 Å². The Labute approximate surface area is 222 Å². The number of benzene rings is 1. The third-order valence-corrected chi connectivity index (χ3v) is 7.35. The lowest BCUT2D eigenvalue weighted by Gasteiger charge is -2.25. The van der Waals surface area contributed by atoms with Crippen molar-refractivity contribution in [3.8, 4) is 0 Å². The first kappa shape index (κ1) is 28.6. The zero-order valence-corrected chi connectivity index (χ0v) is 22.5. The van der Waals surface area contributed by atoms with Crippen LogP contribution in [0.15, 0.2) is 42.5 Å². The predicted molar refractivity (Wildman–Crippen MR) is 149 cm³/mol. The van der Waals surface area contributed by atoms with Crippen LogP contribution in [0.2, 0.25) is 0 Å². The predicted octanol–water partition coefficient (Wildman–Crippen LogP) is 5.05. The van der Waals surface area contributed by atoms with Gasteiger partial charge in [-0.1, -0.05) is 63.1 Å². The van der Waals surface area contributed by atoms with Crippen LogP contribution in [-0.2, 0) is 29.0 Å². The van der Waals surface area contributed by atoms with E-state index < -0.39 is 12.0 Å². The lowest BCUT2D eigenvalue weighted by atomic mass is 9.99. The number of pyridine rings is 1. The molecule has 0 saturated carbocycles. The lowest BCUT2D eigenvalue weighted by Crippen LogP contribution is -2.43. The number of hydrogen-bond acceptors (Lipinski definition) is 5. The van der Waals surface area contributed by atoms with E-state index in [1.165, 1.54) is 11.1 Å². The maximum absolute atomic E-state index is 12.5. The Balaban J connectivity index is 1.53. The van der Waals surface area contributed by atoms with Gasteiger partial charge in [0.05, 0.1) is 0 Å². The number of hydrogen-bond donors (Lipinski definition) is 3. The summed E-state index contributed by atoms with van der Waals surface area (Å²) >= 11 is 0. The third-order valence-electron chi connectivity index (χ3n) is 7.35. The van der Waals surface area contributed by atoms with Gasteiger partial charge in [0.15, 0.2) is 0 Å². The molecule has 3 N–H and O–H groups in total. The van der Waals surface area contributed by atoms with Crippen LogP contribution >= 0.6 is 0 Å². The van der Waals surface area contributed by atoms with Gasteiger partial charge in [0.25, 0.3) is 0 Å². The van der Waals surface area contributed by atoms with E-state index in [9.17, 15) is 14.7 Å². The summed E-state index contributed by atoms with van der Waals surface area (Å²) in [6, 6.07) is 13.7. The molecule has 1 aromatic carbocycles. The summed E-state index contributed by atoms with van der Waals surface area (Å²) in [4.78, 5) is 31.5. The van der Waals surface area contributed by atoms with Gasteiger partial charge >= 0.3 is 5.97 Å². The second-order valence-corrected chi connectivity index (χ2v) is 10.2. The highest BCUT2D eigenvalue weighted by molar-refractivity contribution is 5.83. The number of nitrogens with one attached hydrogen (secondary N) is 2. The zero-order valence-electron chi connectivity index (χ0n) is 22.5. The highest BCUT2D eigenvalue weighted by atomic mass is 16.4. The Kier molecular flexibility index (Phi) is 11.9. The molecule has 1 atom stereocenters. The lowest BCUT2D eigenvalue weighted by molar-refractivity contribution is -0.142. The Hall–Kier alpha value is -2.93. The van der Waals surface area contributed by atoms with Gasteiger partial charge in [-0.2, -0.15) is 0 Å². The second kappa shape index (κ2) is 15.4. The molecule has 0 fully saturated rings. The number of carbonyl (C=O) groups is 2. The van der Waals surface area contributed by atoms with Crippen LogP contribution < -0.4 is 10.6 Å². The van der Waals surface area contributed by atoms with E-state index in [1.54, 1.807) is 0 Å². The quantitative estimate of drug-likeness (QED) is 0.275. The Morgan fingerprint density at radius 2 is 1.86 bits per heavy atom. The minimum Gasteiger partial charge on any atom is -0.480 e. The van der Waals surface area contributed by atoms with E-state index in [1.807, 2.05) is 18.2 Å². The van der Waals surface area contributed by atoms with Crippen LogP contribution in [0.25, 0.3) is 0 Å². The Bertz CT molecular complexity index is 978. The van der Waals surface area contributed by atoms with Crippen molar-refractivity contribution in [3.05, 3.63) is 59.3 Å². The average Bonchev–Trinajstić information content (AvgIpc) is 2.92. The summed E-state index contributed by atoms with van der Waals surface area (Å²) in [6.07, 6.45) is 7.82. The van der Waals surface area contributed by atoms with Crippen molar-refractivity contribution >= 4 is 17.7 Å². The van der Waals surface area contributed by atoms with Gasteiger partial charge in [-0.25, -0.2) is 9.78 Å². The molecule has 3 rings (SSSR count). The average molecular weight is 509 g/mol. The molecule has 1 aromatic heterocycles. The van der Waals surface area contributed by atoms with Crippen molar-refractivity contribution in [2.24, 2.45) is 5.92 Å². The van der Waals surface area contributed by atoms with Crippen molar-refractivity contribution in [1.29, 1.82) is 0 Å². The summed E-state index contributed by atoms with van der Waals surface area (Å²) < 4.78 is 0. The van der Waals surface area contributed by atoms with Crippen LogP contribution in [0.4, 0.5) is 5.82 Å². The van der Waals surface area contributed by atoms with Crippen LogP contribution in [0.3, 0.4) is 0 Å². The van der Waals surface area contributed by atoms with Crippen molar-refractivity contribution in [2.45, 2.75) is 84.2 Å². The number of carboxylic acids is 1. The topological polar surface area (TPSA) is 94.6 Å². The van der Waals surface area contributed by atoms with Crippen molar-refractivity contribution < 1.29 is 14.7 Å². The van der Waals surface area contributed by atoms with E-state index in [0.29, 0.717) is 25.3 Å². The van der Waals surface area contributed by atoms with E-state index in [2.05, 4.69) is 53.6 Å². The Morgan fingerprint density at radius 3 is 2.59 bits per heavy atom. The van der Waals surface area contributed by atoms with Gasteiger partial charge < -0.3 is 15.7 Å². The van der Waals surface area contributed by atoms with Crippen LogP contribution in [0, 0.1) is 5.92 Å². The molecule has 202 valence electrons. The number of unbranched alkanes of at least 4 members (excludes halogenated alkanes) is 1. The zero-order chi connectivity index (χ0) is 26.5. The molecule has 1 aliphatic rings. The molecule has 1 aliphatic heterocycles. The second-order valence-electron chi connectivity index (χ2n) is 10.2. The molecule has 0 spiro atoms. The van der Waals surface area contributed by atoms with Crippen LogP contribution in [-0.4, -0.2) is 52.5 Å².